The lowest BCUT2D eigenvalue weighted by atomic mass is 10.1. The van der Waals surface area contributed by atoms with Crippen molar-refractivity contribution in [3.8, 4) is 0 Å². The van der Waals surface area contributed by atoms with Crippen LogP contribution in [-0.2, 0) is 4.79 Å². The first kappa shape index (κ1) is 11.1. The normalized spacial score (nSPS) is 21.9. The highest BCUT2D eigenvalue weighted by molar-refractivity contribution is 5.98. The van der Waals surface area contributed by atoms with Crippen LogP contribution in [0.2, 0.25) is 0 Å². The Morgan fingerprint density at radius 1 is 1.25 bits per heavy atom. The molecular weight excluding hydrogens is 200 g/mol. The Morgan fingerprint density at radius 2 is 1.81 bits per heavy atom. The fraction of sp³-hybridized carbons (Fsp3) is 0.462. The number of likely N-dealkylation sites (N-methyl/N-ethyl adjacent to an activating group) is 1. The molecule has 1 fully saturated rings. The lowest BCUT2D eigenvalue weighted by Gasteiger charge is -2.27. The van der Waals surface area contributed by atoms with Gasteiger partial charge < -0.3 is 0 Å². The molecule has 1 atom stereocenters. The van der Waals surface area contributed by atoms with Gasteiger partial charge in [-0.15, -0.1) is 0 Å². The summed E-state index contributed by atoms with van der Waals surface area (Å²) in [4.78, 5) is 16.0. The number of carbonyl (C=O) groups excluding carboxylic acids is 1. The maximum Gasteiger partial charge on any atom is 0.242 e. The molecule has 0 aromatic heterocycles. The maximum atomic E-state index is 12.0. The van der Waals surface area contributed by atoms with Crippen molar-refractivity contribution in [2.75, 3.05) is 18.5 Å². The van der Waals surface area contributed by atoms with Crippen molar-refractivity contribution in [2.24, 2.45) is 0 Å². The van der Waals surface area contributed by atoms with Crippen LogP contribution in [0, 0.1) is 13.8 Å². The number of hydrogen-bond donors (Lipinski definition) is 0. The molecule has 1 aromatic rings. The molecule has 1 aliphatic rings. The second kappa shape index (κ2) is 3.91. The molecule has 0 saturated carbocycles. The fourth-order valence-corrected chi connectivity index (χ4v) is 2.32. The Kier molecular flexibility index (Phi) is 2.72. The number of carbonyl (C=O) groups is 1. The van der Waals surface area contributed by atoms with E-state index in [9.17, 15) is 4.79 Å². The van der Waals surface area contributed by atoms with Crippen molar-refractivity contribution < 1.29 is 4.79 Å². The predicted octanol–water partition coefficient (Wildman–Crippen LogP) is 1.93. The van der Waals surface area contributed by atoms with Crippen LogP contribution >= 0.6 is 0 Å². The number of anilines is 1. The van der Waals surface area contributed by atoms with Gasteiger partial charge in [0.25, 0.3) is 0 Å². The molecule has 1 aromatic carbocycles. The van der Waals surface area contributed by atoms with Crippen LogP contribution in [0.15, 0.2) is 18.2 Å². The summed E-state index contributed by atoms with van der Waals surface area (Å²) in [7, 11) is 1.98. The third-order valence-electron chi connectivity index (χ3n) is 3.35. The SMILES string of the molecule is Cc1cccc(C)c1N1C(=O)CN(C)[C@H]1C. The third kappa shape index (κ3) is 1.61. The van der Waals surface area contributed by atoms with Gasteiger partial charge in [0.1, 0.15) is 0 Å². The zero-order valence-electron chi connectivity index (χ0n) is 10.3. The first-order valence-corrected chi connectivity index (χ1v) is 5.61. The summed E-state index contributed by atoms with van der Waals surface area (Å²) in [5.74, 6) is 0.187. The fourth-order valence-electron chi connectivity index (χ4n) is 2.32. The molecule has 1 amide bonds. The molecule has 0 spiro atoms. The van der Waals surface area contributed by atoms with Gasteiger partial charge in [-0.3, -0.25) is 14.6 Å². The predicted molar refractivity (Wildman–Crippen MR) is 65.5 cm³/mol. The molecule has 16 heavy (non-hydrogen) atoms. The van der Waals surface area contributed by atoms with E-state index >= 15 is 0 Å². The number of para-hydroxylation sites is 1. The van der Waals surface area contributed by atoms with E-state index in [1.165, 1.54) is 0 Å². The molecule has 3 nitrogen and oxygen atoms in total. The summed E-state index contributed by atoms with van der Waals surface area (Å²) in [5, 5.41) is 0. The van der Waals surface area contributed by atoms with Crippen LogP contribution in [0.4, 0.5) is 5.69 Å². The number of benzene rings is 1. The summed E-state index contributed by atoms with van der Waals surface area (Å²) in [6.45, 7) is 6.69. The van der Waals surface area contributed by atoms with E-state index < -0.39 is 0 Å². The van der Waals surface area contributed by atoms with Crippen LogP contribution in [-0.4, -0.2) is 30.6 Å². The molecule has 3 heteroatoms. The summed E-state index contributed by atoms with van der Waals surface area (Å²) in [6, 6.07) is 6.14. The number of aryl methyl sites for hydroxylation is 2. The highest BCUT2D eigenvalue weighted by Crippen LogP contribution is 2.29. The zero-order chi connectivity index (χ0) is 11.9. The Balaban J connectivity index is 2.48. The summed E-state index contributed by atoms with van der Waals surface area (Å²) < 4.78 is 0. The van der Waals surface area contributed by atoms with Crippen molar-refractivity contribution in [1.82, 2.24) is 4.90 Å². The van der Waals surface area contributed by atoms with E-state index in [4.69, 9.17) is 0 Å². The Bertz CT molecular complexity index is 408. The highest BCUT2D eigenvalue weighted by Gasteiger charge is 2.34. The van der Waals surface area contributed by atoms with Crippen LogP contribution in [0.1, 0.15) is 18.1 Å². The number of hydrogen-bond acceptors (Lipinski definition) is 2. The first-order chi connectivity index (χ1) is 7.52. The molecular formula is C13H18N2O. The number of amides is 1. The van der Waals surface area contributed by atoms with E-state index in [0.29, 0.717) is 6.54 Å². The molecule has 86 valence electrons. The lowest BCUT2D eigenvalue weighted by Crippen LogP contribution is -2.36. The second-order valence-corrected chi connectivity index (χ2v) is 4.55. The minimum absolute atomic E-state index is 0.146. The lowest BCUT2D eigenvalue weighted by molar-refractivity contribution is -0.116. The van der Waals surface area contributed by atoms with E-state index in [0.717, 1.165) is 16.8 Å². The van der Waals surface area contributed by atoms with Crippen LogP contribution < -0.4 is 4.90 Å². The van der Waals surface area contributed by atoms with Gasteiger partial charge in [0.2, 0.25) is 5.91 Å². The third-order valence-corrected chi connectivity index (χ3v) is 3.35. The van der Waals surface area contributed by atoms with E-state index in [-0.39, 0.29) is 12.1 Å². The Labute approximate surface area is 96.7 Å². The molecule has 1 saturated heterocycles. The first-order valence-electron chi connectivity index (χ1n) is 5.61. The maximum absolute atomic E-state index is 12.0. The summed E-state index contributed by atoms with van der Waals surface area (Å²) in [5.41, 5.74) is 3.40. The molecule has 1 heterocycles. The Morgan fingerprint density at radius 3 is 2.25 bits per heavy atom. The number of nitrogens with zero attached hydrogens (tertiary/aromatic N) is 2. The smallest absolute Gasteiger partial charge is 0.242 e. The highest BCUT2D eigenvalue weighted by atomic mass is 16.2. The standard InChI is InChI=1S/C13H18N2O/c1-9-6-5-7-10(2)13(9)15-11(3)14(4)8-12(15)16/h5-7,11H,8H2,1-4H3/t11-/m1/s1. The summed E-state index contributed by atoms with van der Waals surface area (Å²) >= 11 is 0. The van der Waals surface area contributed by atoms with Crippen molar-refractivity contribution >= 4 is 11.6 Å². The summed E-state index contributed by atoms with van der Waals surface area (Å²) in [6.07, 6.45) is 0.146. The molecule has 0 bridgehead atoms. The van der Waals surface area contributed by atoms with Gasteiger partial charge in [-0.25, -0.2) is 0 Å². The van der Waals surface area contributed by atoms with Crippen molar-refractivity contribution in [1.29, 1.82) is 0 Å². The second-order valence-electron chi connectivity index (χ2n) is 4.55. The van der Waals surface area contributed by atoms with Gasteiger partial charge in [-0.1, -0.05) is 18.2 Å². The van der Waals surface area contributed by atoms with E-state index in [1.54, 1.807) is 0 Å². The Hall–Kier alpha value is -1.35. The van der Waals surface area contributed by atoms with E-state index in [2.05, 4.69) is 37.8 Å². The van der Waals surface area contributed by atoms with Gasteiger partial charge >= 0.3 is 0 Å². The average Bonchev–Trinajstić information content (AvgIpc) is 2.44. The molecule has 0 unspecified atom stereocenters. The molecule has 0 radical (unpaired) electrons. The largest absolute Gasteiger partial charge is 0.295 e. The minimum atomic E-state index is 0.146. The minimum Gasteiger partial charge on any atom is -0.295 e. The quantitative estimate of drug-likeness (QED) is 0.719. The topological polar surface area (TPSA) is 23.6 Å². The molecule has 0 N–H and O–H groups in total. The van der Waals surface area contributed by atoms with Crippen LogP contribution in [0.5, 0.6) is 0 Å². The molecule has 0 aliphatic carbocycles. The van der Waals surface area contributed by atoms with Crippen molar-refractivity contribution in [2.45, 2.75) is 26.9 Å². The van der Waals surface area contributed by atoms with Gasteiger partial charge in [0.05, 0.1) is 18.4 Å². The number of rotatable bonds is 1. The van der Waals surface area contributed by atoms with Crippen LogP contribution in [0.25, 0.3) is 0 Å². The molecule has 2 rings (SSSR count). The monoisotopic (exact) mass is 218 g/mol. The van der Waals surface area contributed by atoms with Gasteiger partial charge in [-0.2, -0.15) is 0 Å². The molecule has 1 aliphatic heterocycles. The van der Waals surface area contributed by atoms with Gasteiger partial charge in [0, 0.05) is 0 Å². The van der Waals surface area contributed by atoms with E-state index in [1.807, 2.05) is 18.0 Å². The van der Waals surface area contributed by atoms with Gasteiger partial charge in [0.15, 0.2) is 0 Å². The van der Waals surface area contributed by atoms with Crippen LogP contribution in [0.3, 0.4) is 0 Å². The average molecular weight is 218 g/mol. The zero-order valence-corrected chi connectivity index (χ0v) is 10.3. The van der Waals surface area contributed by atoms with Gasteiger partial charge in [-0.05, 0) is 38.9 Å². The van der Waals surface area contributed by atoms with Crippen molar-refractivity contribution in [3.63, 3.8) is 0 Å². The van der Waals surface area contributed by atoms with Crippen molar-refractivity contribution in [3.05, 3.63) is 29.3 Å².